The third-order valence-electron chi connectivity index (χ3n) is 4.05. The number of morpholine rings is 1. The topological polar surface area (TPSA) is 102 Å². The molecule has 2 aromatic carbocycles. The van der Waals surface area contributed by atoms with Crippen molar-refractivity contribution >= 4 is 28.9 Å². The number of fused-ring (bicyclic) bond motifs is 1. The number of rotatable bonds is 4. The number of primary amides is 1. The Morgan fingerprint density at radius 1 is 1.23 bits per heavy atom. The van der Waals surface area contributed by atoms with Gasteiger partial charge in [0.15, 0.2) is 0 Å². The van der Waals surface area contributed by atoms with Crippen LogP contribution in [0.3, 0.4) is 0 Å². The Kier molecular flexibility index (Phi) is 4.79. The summed E-state index contributed by atoms with van der Waals surface area (Å²) in [7, 11) is 0. The van der Waals surface area contributed by atoms with Crippen molar-refractivity contribution in [3.63, 3.8) is 0 Å². The molecule has 0 saturated carbocycles. The van der Waals surface area contributed by atoms with Gasteiger partial charge in [-0.15, -0.1) is 0 Å². The molecule has 0 spiro atoms. The summed E-state index contributed by atoms with van der Waals surface area (Å²) in [4.78, 5) is 20.1. The molecule has 1 aromatic heterocycles. The number of H-pyrrole nitrogens is 1. The standard InChI is InChI=1S/C18H18N4O3S/c19-17(23)25-18-21-14-6-5-13(9-15(14)22-18)26-12-3-1-11(2-4-12)16-10-20-7-8-24-16/h1-6,9,16,20H,7-8,10H2,(H2,19,23)(H,21,22). The molecule has 1 fully saturated rings. The first-order valence-corrected chi connectivity index (χ1v) is 9.06. The zero-order valence-corrected chi connectivity index (χ0v) is 14.7. The molecule has 2 heterocycles. The molecule has 4 rings (SSSR count). The second-order valence-electron chi connectivity index (χ2n) is 5.88. The third-order valence-corrected chi connectivity index (χ3v) is 5.04. The lowest BCUT2D eigenvalue weighted by atomic mass is 10.1. The summed E-state index contributed by atoms with van der Waals surface area (Å²) in [6.07, 6.45) is -0.775. The van der Waals surface area contributed by atoms with Gasteiger partial charge in [-0.05, 0) is 35.9 Å². The molecule has 1 saturated heterocycles. The van der Waals surface area contributed by atoms with Crippen LogP contribution in [-0.2, 0) is 4.74 Å². The number of amides is 1. The summed E-state index contributed by atoms with van der Waals surface area (Å²) in [5.41, 5.74) is 7.68. The lowest BCUT2D eigenvalue weighted by Gasteiger charge is -2.24. The monoisotopic (exact) mass is 370 g/mol. The Balaban J connectivity index is 1.48. The van der Waals surface area contributed by atoms with Gasteiger partial charge in [0.05, 0.1) is 23.7 Å². The van der Waals surface area contributed by atoms with E-state index in [1.807, 2.05) is 18.2 Å². The van der Waals surface area contributed by atoms with Crippen LogP contribution in [0.1, 0.15) is 11.7 Å². The van der Waals surface area contributed by atoms with Crippen LogP contribution >= 0.6 is 11.8 Å². The number of carbonyl (C=O) groups excluding carboxylic acids is 1. The minimum atomic E-state index is -0.893. The maximum Gasteiger partial charge on any atom is 0.412 e. The fourth-order valence-electron chi connectivity index (χ4n) is 2.84. The summed E-state index contributed by atoms with van der Waals surface area (Å²) in [6.45, 7) is 2.50. The zero-order chi connectivity index (χ0) is 17.9. The first-order valence-electron chi connectivity index (χ1n) is 8.24. The molecule has 0 aliphatic carbocycles. The van der Waals surface area contributed by atoms with Crippen LogP contribution in [0.5, 0.6) is 6.01 Å². The van der Waals surface area contributed by atoms with Crippen molar-refractivity contribution in [2.75, 3.05) is 19.7 Å². The van der Waals surface area contributed by atoms with Crippen LogP contribution in [0.4, 0.5) is 4.79 Å². The first kappa shape index (κ1) is 16.9. The molecular weight excluding hydrogens is 352 g/mol. The quantitative estimate of drug-likeness (QED) is 0.653. The Hall–Kier alpha value is -2.55. The number of aromatic amines is 1. The van der Waals surface area contributed by atoms with E-state index >= 15 is 0 Å². The Morgan fingerprint density at radius 3 is 2.77 bits per heavy atom. The van der Waals surface area contributed by atoms with Crippen LogP contribution in [0, 0.1) is 0 Å². The number of imidazole rings is 1. The average Bonchev–Trinajstić information content (AvgIpc) is 3.04. The molecule has 1 aliphatic heterocycles. The average molecular weight is 370 g/mol. The van der Waals surface area contributed by atoms with Gasteiger partial charge in [0.25, 0.3) is 0 Å². The van der Waals surface area contributed by atoms with Gasteiger partial charge in [-0.1, -0.05) is 23.9 Å². The number of carbonyl (C=O) groups is 1. The van der Waals surface area contributed by atoms with Crippen molar-refractivity contribution in [2.24, 2.45) is 5.73 Å². The van der Waals surface area contributed by atoms with E-state index in [1.54, 1.807) is 11.8 Å². The highest BCUT2D eigenvalue weighted by molar-refractivity contribution is 7.99. The van der Waals surface area contributed by atoms with E-state index in [0.29, 0.717) is 5.52 Å². The summed E-state index contributed by atoms with van der Waals surface area (Å²) in [5, 5.41) is 3.34. The minimum absolute atomic E-state index is 0.0973. The number of ether oxygens (including phenoxy) is 2. The molecule has 26 heavy (non-hydrogen) atoms. The molecule has 1 aliphatic rings. The maximum atomic E-state index is 10.8. The van der Waals surface area contributed by atoms with Crippen molar-refractivity contribution < 1.29 is 14.3 Å². The van der Waals surface area contributed by atoms with Crippen LogP contribution < -0.4 is 15.8 Å². The zero-order valence-electron chi connectivity index (χ0n) is 13.9. The molecule has 7 nitrogen and oxygen atoms in total. The van der Waals surface area contributed by atoms with Gasteiger partial charge in [0.2, 0.25) is 0 Å². The highest BCUT2D eigenvalue weighted by Crippen LogP contribution is 2.31. The van der Waals surface area contributed by atoms with E-state index in [2.05, 4.69) is 39.6 Å². The van der Waals surface area contributed by atoms with E-state index < -0.39 is 6.09 Å². The van der Waals surface area contributed by atoms with Crippen molar-refractivity contribution in [3.05, 3.63) is 48.0 Å². The van der Waals surface area contributed by atoms with E-state index in [0.717, 1.165) is 35.0 Å². The fraction of sp³-hybridized carbons (Fsp3) is 0.222. The van der Waals surface area contributed by atoms with Gasteiger partial charge < -0.3 is 25.5 Å². The van der Waals surface area contributed by atoms with Crippen molar-refractivity contribution in [1.82, 2.24) is 15.3 Å². The van der Waals surface area contributed by atoms with Crippen LogP contribution in [0.15, 0.2) is 52.3 Å². The number of hydrogen-bond acceptors (Lipinski definition) is 6. The lowest BCUT2D eigenvalue weighted by molar-refractivity contribution is 0.0277. The van der Waals surface area contributed by atoms with Gasteiger partial charge in [0.1, 0.15) is 0 Å². The van der Waals surface area contributed by atoms with Crippen molar-refractivity contribution in [1.29, 1.82) is 0 Å². The van der Waals surface area contributed by atoms with E-state index in [4.69, 9.17) is 15.2 Å². The number of hydrogen-bond donors (Lipinski definition) is 3. The second-order valence-corrected chi connectivity index (χ2v) is 7.02. The number of aromatic nitrogens is 2. The Labute approximate surface area is 154 Å². The van der Waals surface area contributed by atoms with Gasteiger partial charge in [0, 0.05) is 22.9 Å². The van der Waals surface area contributed by atoms with Gasteiger partial charge >= 0.3 is 12.1 Å². The first-order chi connectivity index (χ1) is 12.7. The van der Waals surface area contributed by atoms with Crippen LogP contribution in [-0.4, -0.2) is 35.8 Å². The molecule has 3 aromatic rings. The second kappa shape index (κ2) is 7.36. The number of nitrogens with two attached hydrogens (primary N) is 1. The van der Waals surface area contributed by atoms with Gasteiger partial charge in [-0.3, -0.25) is 0 Å². The van der Waals surface area contributed by atoms with E-state index in [1.165, 1.54) is 5.56 Å². The largest absolute Gasteiger partial charge is 0.412 e. The predicted molar refractivity (Wildman–Crippen MR) is 98.4 cm³/mol. The summed E-state index contributed by atoms with van der Waals surface area (Å²) in [5.74, 6) is 0. The SMILES string of the molecule is NC(=O)Oc1nc2cc(Sc3ccc(C4CNCCO4)cc3)ccc2[nH]1. The van der Waals surface area contributed by atoms with E-state index in [-0.39, 0.29) is 12.1 Å². The molecule has 0 radical (unpaired) electrons. The Morgan fingerprint density at radius 2 is 2.04 bits per heavy atom. The Bertz CT molecular complexity index is 920. The van der Waals surface area contributed by atoms with Gasteiger partial charge in [-0.2, -0.15) is 4.98 Å². The molecule has 134 valence electrons. The molecule has 1 atom stereocenters. The molecule has 1 unspecified atom stereocenters. The fourth-order valence-corrected chi connectivity index (χ4v) is 3.69. The van der Waals surface area contributed by atoms with Gasteiger partial charge in [-0.25, -0.2) is 4.79 Å². The normalized spacial score (nSPS) is 17.3. The molecule has 1 amide bonds. The third kappa shape index (κ3) is 3.82. The number of benzene rings is 2. The smallest absolute Gasteiger partial charge is 0.376 e. The molecule has 4 N–H and O–H groups in total. The minimum Gasteiger partial charge on any atom is -0.376 e. The summed E-state index contributed by atoms with van der Waals surface area (Å²) in [6, 6.07) is 14.3. The maximum absolute atomic E-state index is 10.8. The summed E-state index contributed by atoms with van der Waals surface area (Å²) < 4.78 is 10.6. The highest BCUT2D eigenvalue weighted by atomic mass is 32.2. The predicted octanol–water partition coefficient (Wildman–Crippen LogP) is 2.83. The van der Waals surface area contributed by atoms with Crippen molar-refractivity contribution in [3.8, 4) is 6.01 Å². The molecule has 0 bridgehead atoms. The summed E-state index contributed by atoms with van der Waals surface area (Å²) >= 11 is 1.64. The number of nitrogens with zero attached hydrogens (tertiary/aromatic N) is 1. The van der Waals surface area contributed by atoms with Crippen LogP contribution in [0.25, 0.3) is 11.0 Å². The van der Waals surface area contributed by atoms with E-state index in [9.17, 15) is 4.79 Å². The van der Waals surface area contributed by atoms with Crippen molar-refractivity contribution in [2.45, 2.75) is 15.9 Å². The number of nitrogens with one attached hydrogen (secondary N) is 2. The molecule has 8 heteroatoms. The molecular formula is C18H18N4O3S. The highest BCUT2D eigenvalue weighted by Gasteiger charge is 2.15. The van der Waals surface area contributed by atoms with Crippen LogP contribution in [0.2, 0.25) is 0 Å². The lowest BCUT2D eigenvalue weighted by Crippen LogP contribution is -2.33.